The van der Waals surface area contributed by atoms with Gasteiger partial charge in [-0.2, -0.15) is 13.2 Å². The summed E-state index contributed by atoms with van der Waals surface area (Å²) in [5.74, 6) is 0. The van der Waals surface area contributed by atoms with Crippen LogP contribution in [0.5, 0.6) is 0 Å². The van der Waals surface area contributed by atoms with Crippen molar-refractivity contribution >= 4 is 46.4 Å². The molecule has 1 nitrogen and oxygen atoms in total. The molecule has 1 aromatic carbocycles. The fourth-order valence-electron chi connectivity index (χ4n) is 1.77. The molecule has 2 aromatic rings. The maximum Gasteiger partial charge on any atom is 0.416 e. The van der Waals surface area contributed by atoms with Crippen molar-refractivity contribution in [3.8, 4) is 0 Å². The Kier molecular flexibility index (Phi) is 4.93. The quantitative estimate of drug-likeness (QED) is 0.438. The van der Waals surface area contributed by atoms with Crippen LogP contribution < -0.4 is 0 Å². The lowest BCUT2D eigenvalue weighted by atomic mass is 10.0. The van der Waals surface area contributed by atoms with E-state index in [1.54, 1.807) is 0 Å². The first kappa shape index (κ1) is 16.7. The number of benzene rings is 1. The number of pyridine rings is 1. The van der Waals surface area contributed by atoms with Gasteiger partial charge in [0.05, 0.1) is 10.9 Å². The number of alkyl halides is 4. The Hall–Kier alpha value is -0.680. The first-order chi connectivity index (χ1) is 9.70. The van der Waals surface area contributed by atoms with E-state index in [1.807, 2.05) is 0 Å². The highest BCUT2D eigenvalue weighted by atomic mass is 35.5. The second kappa shape index (κ2) is 6.21. The van der Waals surface area contributed by atoms with Gasteiger partial charge in [0, 0.05) is 10.6 Å². The minimum Gasteiger partial charge on any atom is -0.224 e. The van der Waals surface area contributed by atoms with E-state index in [0.29, 0.717) is 16.7 Å². The summed E-state index contributed by atoms with van der Waals surface area (Å²) in [5, 5.41) is -1.42. The molecule has 112 valence electrons. The highest BCUT2D eigenvalue weighted by molar-refractivity contribution is 6.34. The predicted octanol–water partition coefficient (Wildman–Crippen LogP) is 6.39. The van der Waals surface area contributed by atoms with E-state index in [9.17, 15) is 13.2 Å². The molecule has 0 amide bonds. The summed E-state index contributed by atoms with van der Waals surface area (Å²) in [7, 11) is 0. The third-order valence-corrected chi connectivity index (χ3v) is 3.91. The summed E-state index contributed by atoms with van der Waals surface area (Å²) < 4.78 is 39.4. The maximum absolute atomic E-state index is 13.1. The Morgan fingerprint density at radius 1 is 1.00 bits per heavy atom. The van der Waals surface area contributed by atoms with Gasteiger partial charge in [-0.25, -0.2) is 4.98 Å². The van der Waals surface area contributed by atoms with Gasteiger partial charge < -0.3 is 0 Å². The smallest absolute Gasteiger partial charge is 0.224 e. The van der Waals surface area contributed by atoms with Crippen molar-refractivity contribution in [2.75, 3.05) is 0 Å². The van der Waals surface area contributed by atoms with E-state index in [2.05, 4.69) is 4.98 Å². The van der Waals surface area contributed by atoms with E-state index >= 15 is 0 Å². The zero-order valence-corrected chi connectivity index (χ0v) is 13.1. The summed E-state index contributed by atoms with van der Waals surface area (Å²) in [6.07, 6.45) is -4.65. The molecule has 0 N–H and O–H groups in total. The Bertz CT molecular complexity index is 656. The van der Waals surface area contributed by atoms with Crippen LogP contribution in [0.3, 0.4) is 0 Å². The lowest BCUT2D eigenvalue weighted by molar-refractivity contribution is -0.138. The third kappa shape index (κ3) is 3.75. The Morgan fingerprint density at radius 3 is 2.10 bits per heavy atom. The standard InChI is InChI=1S/C13H6Cl4F3N/c14-7-3-1-6(2-4-7)11(16)10-8(13(18,19)20)5-9(15)21-12(10)17/h1-5,11H/t11-/m0/s1. The van der Waals surface area contributed by atoms with Crippen LogP contribution in [0.4, 0.5) is 13.2 Å². The molecular formula is C13H6Cl4F3N. The molecule has 0 unspecified atom stereocenters. The Balaban J connectivity index is 2.59. The molecule has 2 rings (SSSR count). The van der Waals surface area contributed by atoms with Crippen molar-refractivity contribution in [2.45, 2.75) is 11.6 Å². The molecule has 21 heavy (non-hydrogen) atoms. The predicted molar refractivity (Wildman–Crippen MR) is 78.4 cm³/mol. The van der Waals surface area contributed by atoms with Gasteiger partial charge in [-0.05, 0) is 23.8 Å². The molecule has 0 aliphatic heterocycles. The number of hydrogen-bond donors (Lipinski definition) is 0. The first-order valence-electron chi connectivity index (χ1n) is 5.53. The van der Waals surface area contributed by atoms with Gasteiger partial charge in [-0.1, -0.05) is 46.9 Å². The van der Waals surface area contributed by atoms with Gasteiger partial charge in [0.15, 0.2) is 0 Å². The van der Waals surface area contributed by atoms with E-state index in [1.165, 1.54) is 24.3 Å². The zero-order chi connectivity index (χ0) is 15.8. The molecule has 0 bridgehead atoms. The molecule has 1 heterocycles. The molecular weight excluding hydrogens is 369 g/mol. The van der Waals surface area contributed by atoms with Gasteiger partial charge in [0.25, 0.3) is 0 Å². The van der Waals surface area contributed by atoms with Gasteiger partial charge in [0.2, 0.25) is 0 Å². The number of hydrogen-bond acceptors (Lipinski definition) is 1. The van der Waals surface area contributed by atoms with Crippen molar-refractivity contribution in [2.24, 2.45) is 0 Å². The molecule has 0 saturated carbocycles. The van der Waals surface area contributed by atoms with Crippen molar-refractivity contribution < 1.29 is 13.2 Å². The van der Waals surface area contributed by atoms with Crippen LogP contribution in [-0.2, 0) is 6.18 Å². The lowest BCUT2D eigenvalue weighted by Crippen LogP contribution is -2.12. The summed E-state index contributed by atoms with van der Waals surface area (Å²) in [6.45, 7) is 0. The zero-order valence-electron chi connectivity index (χ0n) is 10.1. The fourth-order valence-corrected chi connectivity index (χ4v) is 2.86. The van der Waals surface area contributed by atoms with Crippen molar-refractivity contribution in [1.82, 2.24) is 4.98 Å². The minimum atomic E-state index is -4.65. The molecule has 1 aromatic heterocycles. The van der Waals surface area contributed by atoms with Gasteiger partial charge in [-0.3, -0.25) is 0 Å². The summed E-state index contributed by atoms with van der Waals surface area (Å²) in [5.41, 5.74) is -0.933. The SMILES string of the molecule is FC(F)(F)c1cc(Cl)nc(Cl)c1[C@@H](Cl)c1ccc(Cl)cc1. The summed E-state index contributed by atoms with van der Waals surface area (Å²) in [4.78, 5) is 3.63. The number of nitrogens with zero attached hydrogens (tertiary/aromatic N) is 1. The van der Waals surface area contributed by atoms with Crippen molar-refractivity contribution in [3.05, 3.63) is 62.4 Å². The topological polar surface area (TPSA) is 12.9 Å². The van der Waals surface area contributed by atoms with Crippen LogP contribution in [0.2, 0.25) is 15.3 Å². The lowest BCUT2D eigenvalue weighted by Gasteiger charge is -2.18. The Labute approximate surface area is 138 Å². The maximum atomic E-state index is 13.1. The van der Waals surface area contributed by atoms with Crippen LogP contribution in [0.25, 0.3) is 0 Å². The van der Waals surface area contributed by atoms with Crippen LogP contribution in [-0.4, -0.2) is 4.98 Å². The molecule has 0 radical (unpaired) electrons. The van der Waals surface area contributed by atoms with E-state index in [4.69, 9.17) is 46.4 Å². The summed E-state index contributed by atoms with van der Waals surface area (Å²) >= 11 is 23.2. The normalized spacial score (nSPS) is 13.3. The van der Waals surface area contributed by atoms with Gasteiger partial charge in [-0.15, -0.1) is 11.6 Å². The average Bonchev–Trinajstić information content (AvgIpc) is 2.37. The molecule has 0 aliphatic rings. The van der Waals surface area contributed by atoms with Crippen molar-refractivity contribution in [3.63, 3.8) is 0 Å². The van der Waals surface area contributed by atoms with Gasteiger partial charge >= 0.3 is 6.18 Å². The fraction of sp³-hybridized carbons (Fsp3) is 0.154. The molecule has 0 spiro atoms. The minimum absolute atomic E-state index is 0.336. The van der Waals surface area contributed by atoms with Crippen LogP contribution in [0, 0.1) is 0 Å². The largest absolute Gasteiger partial charge is 0.416 e. The average molecular weight is 375 g/mol. The summed E-state index contributed by atoms with van der Waals surface area (Å²) in [6, 6.07) is 6.79. The van der Waals surface area contributed by atoms with Crippen molar-refractivity contribution in [1.29, 1.82) is 0 Å². The van der Waals surface area contributed by atoms with E-state index < -0.39 is 17.1 Å². The second-order valence-electron chi connectivity index (χ2n) is 4.11. The van der Waals surface area contributed by atoms with Crippen LogP contribution in [0.1, 0.15) is 22.1 Å². The monoisotopic (exact) mass is 373 g/mol. The third-order valence-electron chi connectivity index (χ3n) is 2.70. The van der Waals surface area contributed by atoms with E-state index in [-0.39, 0.29) is 15.9 Å². The van der Waals surface area contributed by atoms with Gasteiger partial charge in [0.1, 0.15) is 10.3 Å². The molecule has 0 fully saturated rings. The first-order valence-corrected chi connectivity index (χ1v) is 7.10. The molecule has 1 atom stereocenters. The molecule has 0 saturated heterocycles. The highest BCUT2D eigenvalue weighted by Gasteiger charge is 2.37. The van der Waals surface area contributed by atoms with Crippen LogP contribution >= 0.6 is 46.4 Å². The number of rotatable bonds is 2. The second-order valence-corrected chi connectivity index (χ2v) is 5.73. The highest BCUT2D eigenvalue weighted by Crippen LogP contribution is 2.43. The van der Waals surface area contributed by atoms with Crippen LogP contribution in [0.15, 0.2) is 30.3 Å². The van der Waals surface area contributed by atoms with E-state index in [0.717, 1.165) is 0 Å². The molecule has 8 heteroatoms. The number of halogens is 7. The molecule has 0 aliphatic carbocycles. The number of aromatic nitrogens is 1. The Morgan fingerprint density at radius 2 is 1.57 bits per heavy atom.